The number of nitrogens with one attached hydrogen (secondary N) is 1. The molecule has 1 aromatic carbocycles. The van der Waals surface area contributed by atoms with Gasteiger partial charge in [-0.15, -0.1) is 0 Å². The van der Waals surface area contributed by atoms with Crippen LogP contribution in [-0.2, 0) is 16.1 Å². The van der Waals surface area contributed by atoms with Crippen LogP contribution < -0.4 is 20.5 Å². The Morgan fingerprint density at radius 3 is 2.87 bits per heavy atom. The first-order valence-electron chi connectivity index (χ1n) is 7.78. The van der Waals surface area contributed by atoms with Crippen LogP contribution in [0.3, 0.4) is 0 Å². The van der Waals surface area contributed by atoms with Crippen molar-refractivity contribution in [1.82, 2.24) is 10.2 Å². The molecule has 0 bridgehead atoms. The van der Waals surface area contributed by atoms with Gasteiger partial charge in [0, 0.05) is 38.3 Å². The highest BCUT2D eigenvalue weighted by Crippen LogP contribution is 2.30. The van der Waals surface area contributed by atoms with E-state index in [2.05, 4.69) is 10.2 Å². The monoisotopic (exact) mass is 323 g/mol. The number of nitrogens with two attached hydrogens (primary N) is 1. The maximum absolute atomic E-state index is 10.9. The van der Waals surface area contributed by atoms with E-state index in [1.807, 2.05) is 12.1 Å². The van der Waals surface area contributed by atoms with Gasteiger partial charge in [0.25, 0.3) is 5.91 Å². The van der Waals surface area contributed by atoms with Crippen molar-refractivity contribution in [1.29, 1.82) is 0 Å². The Labute approximate surface area is 136 Å². The molecule has 3 N–H and O–H groups in total. The van der Waals surface area contributed by atoms with Gasteiger partial charge in [-0.1, -0.05) is 12.1 Å². The number of hydrogen-bond donors (Lipinski definition) is 2. The lowest BCUT2D eigenvalue weighted by atomic mass is 10.2. The number of primary amides is 1. The number of morpholine rings is 1. The highest BCUT2D eigenvalue weighted by atomic mass is 16.5. The minimum absolute atomic E-state index is 0.166. The quantitative estimate of drug-likeness (QED) is 0.621. The predicted molar refractivity (Wildman–Crippen MR) is 86.6 cm³/mol. The van der Waals surface area contributed by atoms with Gasteiger partial charge in [0.15, 0.2) is 18.1 Å². The molecule has 1 aliphatic rings. The number of ether oxygens (including phenoxy) is 3. The van der Waals surface area contributed by atoms with E-state index in [1.165, 1.54) is 0 Å². The van der Waals surface area contributed by atoms with Crippen molar-refractivity contribution < 1.29 is 19.0 Å². The number of para-hydroxylation sites is 1. The smallest absolute Gasteiger partial charge is 0.255 e. The van der Waals surface area contributed by atoms with Crippen molar-refractivity contribution in [3.8, 4) is 11.5 Å². The molecule has 2 rings (SSSR count). The molecular weight excluding hydrogens is 298 g/mol. The first-order chi connectivity index (χ1) is 11.2. The SMILES string of the molecule is COc1cccc(CNCCN2CCOCC2)c1OCC(N)=O. The number of rotatable bonds is 9. The van der Waals surface area contributed by atoms with Crippen LogP contribution in [0.1, 0.15) is 5.56 Å². The summed E-state index contributed by atoms with van der Waals surface area (Å²) in [4.78, 5) is 13.3. The van der Waals surface area contributed by atoms with Crippen molar-refractivity contribution in [2.45, 2.75) is 6.54 Å². The molecule has 0 radical (unpaired) electrons. The Morgan fingerprint density at radius 1 is 1.39 bits per heavy atom. The van der Waals surface area contributed by atoms with Crippen LogP contribution in [0.25, 0.3) is 0 Å². The molecule has 1 aliphatic heterocycles. The summed E-state index contributed by atoms with van der Waals surface area (Å²) >= 11 is 0. The Hall–Kier alpha value is -1.83. The number of amides is 1. The van der Waals surface area contributed by atoms with E-state index < -0.39 is 5.91 Å². The van der Waals surface area contributed by atoms with Gasteiger partial charge in [-0.25, -0.2) is 0 Å². The minimum atomic E-state index is -0.512. The third kappa shape index (κ3) is 5.70. The number of nitrogens with zero attached hydrogens (tertiary/aromatic N) is 1. The fourth-order valence-electron chi connectivity index (χ4n) is 2.45. The van der Waals surface area contributed by atoms with E-state index >= 15 is 0 Å². The number of benzene rings is 1. The number of hydrogen-bond acceptors (Lipinski definition) is 6. The molecule has 23 heavy (non-hydrogen) atoms. The summed E-state index contributed by atoms with van der Waals surface area (Å²) in [6.45, 7) is 5.89. The lowest BCUT2D eigenvalue weighted by Crippen LogP contribution is -2.40. The molecule has 0 unspecified atom stereocenters. The number of carbonyl (C=O) groups is 1. The molecule has 0 saturated carbocycles. The van der Waals surface area contributed by atoms with Gasteiger partial charge in [-0.2, -0.15) is 0 Å². The summed E-state index contributed by atoms with van der Waals surface area (Å²) in [5.41, 5.74) is 6.09. The average Bonchev–Trinajstić information content (AvgIpc) is 2.58. The second-order valence-corrected chi connectivity index (χ2v) is 5.33. The summed E-state index contributed by atoms with van der Waals surface area (Å²) in [6, 6.07) is 5.64. The second-order valence-electron chi connectivity index (χ2n) is 5.33. The largest absolute Gasteiger partial charge is 0.493 e. The third-order valence-corrected chi connectivity index (χ3v) is 3.66. The van der Waals surface area contributed by atoms with Crippen molar-refractivity contribution >= 4 is 5.91 Å². The summed E-state index contributed by atoms with van der Waals surface area (Å²) in [5.74, 6) is 0.647. The van der Waals surface area contributed by atoms with Crippen molar-refractivity contribution in [2.75, 3.05) is 53.1 Å². The molecule has 7 nitrogen and oxygen atoms in total. The Kier molecular flexibility index (Phi) is 7.12. The molecule has 1 amide bonds. The molecule has 1 aromatic rings. The van der Waals surface area contributed by atoms with Gasteiger partial charge in [-0.05, 0) is 6.07 Å². The van der Waals surface area contributed by atoms with Crippen LogP contribution in [0.15, 0.2) is 18.2 Å². The van der Waals surface area contributed by atoms with Crippen molar-refractivity contribution in [3.63, 3.8) is 0 Å². The van der Waals surface area contributed by atoms with Crippen LogP contribution in [0.5, 0.6) is 11.5 Å². The van der Waals surface area contributed by atoms with E-state index in [4.69, 9.17) is 19.9 Å². The van der Waals surface area contributed by atoms with Gasteiger partial charge < -0.3 is 25.3 Å². The first-order valence-corrected chi connectivity index (χ1v) is 7.78. The standard InChI is InChI=1S/C16H25N3O4/c1-21-14-4-2-3-13(16(14)23-12-15(17)20)11-18-5-6-19-7-9-22-10-8-19/h2-4,18H,5-12H2,1H3,(H2,17,20). The van der Waals surface area contributed by atoms with E-state index in [0.717, 1.165) is 45.0 Å². The molecule has 0 spiro atoms. The molecule has 1 fully saturated rings. The van der Waals surface area contributed by atoms with Gasteiger partial charge >= 0.3 is 0 Å². The molecule has 128 valence electrons. The van der Waals surface area contributed by atoms with E-state index in [0.29, 0.717) is 18.0 Å². The molecule has 7 heteroatoms. The van der Waals surface area contributed by atoms with Gasteiger partial charge in [0.05, 0.1) is 20.3 Å². The van der Waals surface area contributed by atoms with Gasteiger partial charge in [-0.3, -0.25) is 9.69 Å². The number of methoxy groups -OCH3 is 1. The topological polar surface area (TPSA) is 86.1 Å². The van der Waals surface area contributed by atoms with Crippen LogP contribution in [0, 0.1) is 0 Å². The summed E-state index contributed by atoms with van der Waals surface area (Å²) in [6.07, 6.45) is 0. The van der Waals surface area contributed by atoms with Crippen LogP contribution in [0.4, 0.5) is 0 Å². The Bertz CT molecular complexity index is 504. The van der Waals surface area contributed by atoms with Crippen LogP contribution in [0.2, 0.25) is 0 Å². The van der Waals surface area contributed by atoms with Gasteiger partial charge in [0.1, 0.15) is 0 Å². The zero-order valence-corrected chi connectivity index (χ0v) is 13.5. The van der Waals surface area contributed by atoms with Crippen LogP contribution in [-0.4, -0.2) is 63.9 Å². The first kappa shape index (κ1) is 17.5. The molecule has 0 aromatic heterocycles. The molecular formula is C16H25N3O4. The summed E-state index contributed by atoms with van der Waals surface area (Å²) in [5, 5.41) is 3.39. The van der Waals surface area contributed by atoms with Crippen molar-refractivity contribution in [3.05, 3.63) is 23.8 Å². The molecule has 1 saturated heterocycles. The van der Waals surface area contributed by atoms with E-state index in [1.54, 1.807) is 13.2 Å². The highest BCUT2D eigenvalue weighted by molar-refractivity contribution is 5.75. The fourth-order valence-corrected chi connectivity index (χ4v) is 2.45. The maximum Gasteiger partial charge on any atom is 0.255 e. The van der Waals surface area contributed by atoms with Crippen LogP contribution >= 0.6 is 0 Å². The van der Waals surface area contributed by atoms with E-state index in [9.17, 15) is 4.79 Å². The normalized spacial score (nSPS) is 15.3. The maximum atomic E-state index is 10.9. The fraction of sp³-hybridized carbons (Fsp3) is 0.562. The minimum Gasteiger partial charge on any atom is -0.493 e. The Morgan fingerprint density at radius 2 is 2.17 bits per heavy atom. The lowest BCUT2D eigenvalue weighted by Gasteiger charge is -2.26. The number of carbonyl (C=O) groups excluding carboxylic acids is 1. The lowest BCUT2D eigenvalue weighted by molar-refractivity contribution is -0.119. The molecule has 0 aliphatic carbocycles. The zero-order chi connectivity index (χ0) is 16.5. The highest BCUT2D eigenvalue weighted by Gasteiger charge is 2.12. The summed E-state index contributed by atoms with van der Waals surface area (Å²) in [7, 11) is 1.57. The molecule has 1 heterocycles. The Balaban J connectivity index is 1.86. The van der Waals surface area contributed by atoms with Crippen molar-refractivity contribution in [2.24, 2.45) is 5.73 Å². The molecule has 0 atom stereocenters. The second kappa shape index (κ2) is 9.34. The predicted octanol–water partition coefficient (Wildman–Crippen LogP) is -0.0189. The van der Waals surface area contributed by atoms with E-state index in [-0.39, 0.29) is 6.61 Å². The average molecular weight is 323 g/mol. The third-order valence-electron chi connectivity index (χ3n) is 3.66. The van der Waals surface area contributed by atoms with Gasteiger partial charge in [0.2, 0.25) is 0 Å². The zero-order valence-electron chi connectivity index (χ0n) is 13.5. The summed E-state index contributed by atoms with van der Waals surface area (Å²) < 4.78 is 16.1.